The fourth-order valence-electron chi connectivity index (χ4n) is 8.76. The number of hydrogen-bond donors (Lipinski definition) is 11. The predicted octanol–water partition coefficient (Wildman–Crippen LogP) is 3.38. The van der Waals surface area contributed by atoms with Crippen molar-refractivity contribution in [3.8, 4) is 5.75 Å². The number of hydrogen-bond acceptors (Lipinski definition) is 11. The van der Waals surface area contributed by atoms with Crippen LogP contribution in [0.3, 0.4) is 0 Å². The molecular formula is C57H70N8O13. The Kier molecular flexibility index (Phi) is 22.5. The lowest BCUT2D eigenvalue weighted by Gasteiger charge is -2.27. The zero-order chi connectivity index (χ0) is 57.1. The molecule has 1 aromatic heterocycles. The van der Waals surface area contributed by atoms with Gasteiger partial charge in [0.25, 0.3) is 5.91 Å². The van der Waals surface area contributed by atoms with Gasteiger partial charge in [-0.15, -0.1) is 0 Å². The summed E-state index contributed by atoms with van der Waals surface area (Å²) in [5.74, 6) is -10.7. The molecule has 0 bridgehead atoms. The minimum atomic E-state index is -1.90. The summed E-state index contributed by atoms with van der Waals surface area (Å²) < 4.78 is 5.85. The van der Waals surface area contributed by atoms with E-state index in [0.29, 0.717) is 34.0 Å². The van der Waals surface area contributed by atoms with E-state index in [9.17, 15) is 58.5 Å². The first kappa shape index (κ1) is 60.3. The zero-order valence-electron chi connectivity index (χ0n) is 44.5. The lowest BCUT2D eigenvalue weighted by atomic mass is 9.94. The molecule has 7 amide bonds. The molecule has 2 heterocycles. The highest BCUT2D eigenvalue weighted by molar-refractivity contribution is 6.01. The Balaban J connectivity index is 1.53. The van der Waals surface area contributed by atoms with E-state index < -0.39 is 115 Å². The number of nitrogens with one attached hydrogen (secondary N) is 8. The Labute approximate surface area is 452 Å². The number of aliphatic carboxylic acids is 2. The minimum absolute atomic E-state index is 0.0207. The highest BCUT2D eigenvalue weighted by atomic mass is 16.5. The van der Waals surface area contributed by atoms with Crippen LogP contribution >= 0.6 is 0 Å². The lowest BCUT2D eigenvalue weighted by Crippen LogP contribution is -2.57. The summed E-state index contributed by atoms with van der Waals surface area (Å²) >= 11 is 0. The Morgan fingerprint density at radius 1 is 0.744 bits per heavy atom. The number of aromatic amines is 1. The number of ether oxygens (including phenoxy) is 1. The monoisotopic (exact) mass is 1070 g/mol. The van der Waals surface area contributed by atoms with Crippen molar-refractivity contribution in [3.05, 3.63) is 137 Å². The van der Waals surface area contributed by atoms with Crippen molar-refractivity contribution in [3.63, 3.8) is 0 Å². The number of rotatable bonds is 14. The van der Waals surface area contributed by atoms with Crippen molar-refractivity contribution in [1.82, 2.24) is 42.2 Å². The third-order valence-electron chi connectivity index (χ3n) is 13.4. The molecule has 9 atom stereocenters. The second-order valence-electron chi connectivity index (χ2n) is 19.4. The number of carbonyl (C=O) groups is 9. The summed E-state index contributed by atoms with van der Waals surface area (Å²) in [5, 5.41) is 48.8. The van der Waals surface area contributed by atoms with Crippen LogP contribution in [0, 0.1) is 11.8 Å². The molecule has 1 aliphatic heterocycles. The van der Waals surface area contributed by atoms with Crippen molar-refractivity contribution in [1.29, 1.82) is 0 Å². The maximum Gasteiger partial charge on any atom is 0.326 e. The molecule has 5 rings (SSSR count). The number of aryl methyl sites for hydroxylation is 1. The molecule has 21 nitrogen and oxygen atoms in total. The molecule has 0 unspecified atom stereocenters. The summed E-state index contributed by atoms with van der Waals surface area (Å²) in [6.07, 6.45) is 6.51. The molecule has 0 spiro atoms. The number of fused-ring (bicyclic) bond motifs is 1. The highest BCUT2D eigenvalue weighted by Crippen LogP contribution is 2.22. The van der Waals surface area contributed by atoms with Crippen molar-refractivity contribution >= 4 is 64.2 Å². The normalized spacial score (nSPS) is 23.6. The number of para-hydroxylation sites is 1. The number of carbonyl (C=O) groups excluding carboxylic acids is 7. The third kappa shape index (κ3) is 18.0. The number of phenolic OH excluding ortho intramolecular Hbond substituents is 1. The number of aromatic hydroxyl groups is 1. The average molecular weight is 1080 g/mol. The number of amides is 7. The van der Waals surface area contributed by atoms with E-state index >= 15 is 0 Å². The number of benzene rings is 3. The second kappa shape index (κ2) is 29.1. The predicted molar refractivity (Wildman–Crippen MR) is 289 cm³/mol. The Hall–Kier alpha value is -8.59. The Bertz CT molecular complexity index is 2880. The third-order valence-corrected chi connectivity index (χ3v) is 13.4. The average Bonchev–Trinajstić information content (AvgIpc) is 3.83. The van der Waals surface area contributed by atoms with Crippen LogP contribution in [-0.4, -0.2) is 123 Å². The van der Waals surface area contributed by atoms with Gasteiger partial charge in [0.15, 0.2) is 0 Å². The molecule has 4 aromatic rings. The molecule has 1 aliphatic rings. The molecule has 21 heteroatoms. The van der Waals surface area contributed by atoms with E-state index in [-0.39, 0.29) is 42.7 Å². The summed E-state index contributed by atoms with van der Waals surface area (Å²) in [4.78, 5) is 126. The first-order valence-corrected chi connectivity index (χ1v) is 25.7. The van der Waals surface area contributed by atoms with Crippen LogP contribution < -0.4 is 37.2 Å². The van der Waals surface area contributed by atoms with E-state index in [1.165, 1.54) is 39.0 Å². The maximum absolute atomic E-state index is 14.8. The largest absolute Gasteiger partial charge is 0.508 e. The van der Waals surface area contributed by atoms with Crippen molar-refractivity contribution in [2.75, 3.05) is 7.11 Å². The van der Waals surface area contributed by atoms with Crippen LogP contribution in [0.4, 0.5) is 0 Å². The van der Waals surface area contributed by atoms with E-state index in [0.717, 1.165) is 5.56 Å². The molecule has 3 aromatic carbocycles. The molecule has 78 heavy (non-hydrogen) atoms. The quantitative estimate of drug-likeness (QED) is 0.0638. The number of carboxylic acids is 2. The van der Waals surface area contributed by atoms with E-state index in [1.54, 1.807) is 55.8 Å². The van der Waals surface area contributed by atoms with Gasteiger partial charge in [0.05, 0.1) is 24.5 Å². The van der Waals surface area contributed by atoms with Gasteiger partial charge in [-0.25, -0.2) is 9.59 Å². The summed E-state index contributed by atoms with van der Waals surface area (Å²) in [5.41, 5.74) is 3.41. The number of aromatic nitrogens is 1. The topological polar surface area (TPSA) is 324 Å². The zero-order valence-corrected chi connectivity index (χ0v) is 44.5. The molecule has 0 aliphatic carbocycles. The van der Waals surface area contributed by atoms with Gasteiger partial charge in [-0.2, -0.15) is 0 Å². The first-order chi connectivity index (χ1) is 37.1. The van der Waals surface area contributed by atoms with E-state index in [1.807, 2.05) is 56.3 Å². The number of phenols is 1. The molecule has 0 radical (unpaired) electrons. The van der Waals surface area contributed by atoms with Crippen molar-refractivity contribution < 1.29 is 63.2 Å². The van der Waals surface area contributed by atoms with Gasteiger partial charge in [0.1, 0.15) is 41.7 Å². The Morgan fingerprint density at radius 2 is 1.40 bits per heavy atom. The highest BCUT2D eigenvalue weighted by Gasteiger charge is 2.34. The molecule has 1 saturated heterocycles. The van der Waals surface area contributed by atoms with Crippen LogP contribution in [0.5, 0.6) is 5.75 Å². The lowest BCUT2D eigenvalue weighted by molar-refractivity contribution is -0.144. The number of carboxylic acid groups (broad SMARTS) is 2. The molecule has 1 fully saturated rings. The van der Waals surface area contributed by atoms with Gasteiger partial charge in [-0.3, -0.25) is 33.6 Å². The second-order valence-corrected chi connectivity index (χ2v) is 19.4. The Morgan fingerprint density at radius 3 is 2.06 bits per heavy atom. The number of H-pyrrole nitrogens is 1. The van der Waals surface area contributed by atoms with Crippen LogP contribution in [0.15, 0.2) is 121 Å². The van der Waals surface area contributed by atoms with Crippen molar-refractivity contribution in [2.24, 2.45) is 11.8 Å². The van der Waals surface area contributed by atoms with E-state index in [2.05, 4.69) is 42.2 Å². The minimum Gasteiger partial charge on any atom is -0.508 e. The van der Waals surface area contributed by atoms with Crippen LogP contribution in [0.2, 0.25) is 0 Å². The standard InChI is InChI=1S/C57H70N8O13/c1-7-41-53(71)59-35(5)52(70)63-44(24-20-36-18-21-39(66)22-19-36)54(72)65-47(57(76)77)30-50(68)61-46(29-38-31-58-43-16-12-11-15-40(38)43)55(73)62-42(34(4)51(69)64-45(56(74)75)25-26-49(67)60-41)23-17-32(2)27-33(3)48(78-6)28-37-13-9-8-10-14-37/h7-19,21-23,27,31,33-35,42,44-48,58,66H,20,24-26,28-30H2,1-6H3,(H,59,71)(H,60,67)(H,61,68)(H,62,73)(H,63,70)(H,64,69)(H,65,72)(H,74,75)(H,76,77)/b23-17+,32-27+,41-7+/t33-,34-,35+,42-,44-,45+,46-,47+,48-/m0/s1. The van der Waals surface area contributed by atoms with Gasteiger partial charge >= 0.3 is 11.9 Å². The van der Waals surface area contributed by atoms with Crippen LogP contribution in [-0.2, 0) is 67.2 Å². The van der Waals surface area contributed by atoms with Crippen LogP contribution in [0.1, 0.15) is 77.0 Å². The van der Waals surface area contributed by atoms with Gasteiger partial charge in [0.2, 0.25) is 35.4 Å². The van der Waals surface area contributed by atoms with Gasteiger partial charge in [0, 0.05) is 43.0 Å². The summed E-state index contributed by atoms with van der Waals surface area (Å²) in [6.45, 7) is 7.97. The fourth-order valence-corrected chi connectivity index (χ4v) is 8.76. The van der Waals surface area contributed by atoms with Gasteiger partial charge in [-0.05, 0) is 81.3 Å². The molecule has 0 saturated carbocycles. The molecular weight excluding hydrogens is 1000 g/mol. The smallest absolute Gasteiger partial charge is 0.326 e. The van der Waals surface area contributed by atoms with E-state index in [4.69, 9.17) is 4.74 Å². The fraction of sp³-hybridized carbons (Fsp3) is 0.386. The summed E-state index contributed by atoms with van der Waals surface area (Å²) in [6, 6.07) is 14.0. The maximum atomic E-state index is 14.8. The van der Waals surface area contributed by atoms with Gasteiger partial charge in [-0.1, -0.05) is 104 Å². The SMILES string of the molecule is C/C=C1/NC(=O)CC[C@H](C(=O)O)NC(=O)[C@@H](C)[C@H](/C=C/C(C)=C/[C@H](C)[C@H](Cc2ccccc2)OC)NC(=O)[C@H](Cc2c[nH]c3ccccc23)NC(=O)C[C@H](C(=O)O)NC(=O)[C@H](CCc2ccc(O)cc2)NC(=O)[C@@H](C)NC1=O. The molecule has 416 valence electrons. The van der Waals surface area contributed by atoms with Gasteiger partial charge < -0.3 is 62.3 Å². The van der Waals surface area contributed by atoms with Crippen LogP contribution in [0.25, 0.3) is 10.9 Å². The number of methoxy groups -OCH3 is 1. The summed E-state index contributed by atoms with van der Waals surface area (Å²) in [7, 11) is 1.62. The number of allylic oxidation sites excluding steroid dienone is 3. The first-order valence-electron chi connectivity index (χ1n) is 25.7. The van der Waals surface area contributed by atoms with Crippen molar-refractivity contribution in [2.45, 2.75) is 122 Å². The molecule has 11 N–H and O–H groups in total.